The zero-order valence-electron chi connectivity index (χ0n) is 8.97. The summed E-state index contributed by atoms with van der Waals surface area (Å²) in [6, 6.07) is 5.46. The van der Waals surface area contributed by atoms with Crippen LogP contribution in [0.2, 0.25) is 0 Å². The highest BCUT2D eigenvalue weighted by Gasteiger charge is 2.40. The van der Waals surface area contributed by atoms with Crippen molar-refractivity contribution in [2.45, 2.75) is 26.4 Å². The lowest BCUT2D eigenvalue weighted by Gasteiger charge is -2.34. The van der Waals surface area contributed by atoms with Crippen molar-refractivity contribution in [1.29, 1.82) is 0 Å². The first-order valence-corrected chi connectivity index (χ1v) is 5.04. The number of hydrogen-bond donors (Lipinski definition) is 1. The van der Waals surface area contributed by atoms with Crippen molar-refractivity contribution in [1.82, 2.24) is 10.3 Å². The Labute approximate surface area is 84.6 Å². The van der Waals surface area contributed by atoms with Crippen LogP contribution in [0.25, 0.3) is 0 Å². The molecule has 1 aliphatic rings. The second-order valence-electron chi connectivity index (χ2n) is 3.23. The predicted octanol–water partition coefficient (Wildman–Crippen LogP) is 2.18. The molecule has 0 atom stereocenters. The molecule has 1 aliphatic heterocycles. The van der Waals surface area contributed by atoms with Crippen LogP contribution in [-0.4, -0.2) is 18.1 Å². The summed E-state index contributed by atoms with van der Waals surface area (Å²) in [5.74, 6) is 0. The quantitative estimate of drug-likeness (QED) is 0.744. The van der Waals surface area contributed by atoms with E-state index in [9.17, 15) is 4.39 Å². The Morgan fingerprint density at radius 2 is 2.00 bits per heavy atom. The molecule has 2 heterocycles. The summed E-state index contributed by atoms with van der Waals surface area (Å²) in [5.41, 5.74) is 0.212. The van der Waals surface area contributed by atoms with Gasteiger partial charge in [-0.1, -0.05) is 19.9 Å². The lowest BCUT2D eigenvalue weighted by atomic mass is 9.94. The second kappa shape index (κ2) is 4.51. The van der Waals surface area contributed by atoms with Gasteiger partial charge in [-0.25, -0.2) is 4.39 Å². The van der Waals surface area contributed by atoms with Crippen LogP contribution in [0.4, 0.5) is 4.39 Å². The molecular weight excluding hydrogens is 179 g/mol. The van der Waals surface area contributed by atoms with Gasteiger partial charge in [-0.3, -0.25) is 4.98 Å². The topological polar surface area (TPSA) is 24.9 Å². The fourth-order valence-corrected chi connectivity index (χ4v) is 1.32. The Kier molecular flexibility index (Phi) is 3.58. The summed E-state index contributed by atoms with van der Waals surface area (Å²) >= 11 is 0. The molecule has 0 aromatic carbocycles. The molecule has 1 fully saturated rings. The number of halogens is 1. The molecule has 14 heavy (non-hydrogen) atoms. The van der Waals surface area contributed by atoms with Crippen LogP contribution in [-0.2, 0) is 5.67 Å². The van der Waals surface area contributed by atoms with E-state index in [-0.39, 0.29) is 0 Å². The molecule has 0 bridgehead atoms. The summed E-state index contributed by atoms with van der Waals surface area (Å²) < 4.78 is 13.7. The van der Waals surface area contributed by atoms with Crippen molar-refractivity contribution in [2.75, 3.05) is 13.1 Å². The fourth-order valence-electron chi connectivity index (χ4n) is 1.32. The maximum absolute atomic E-state index is 13.7. The molecule has 1 aromatic heterocycles. The number of rotatable bonds is 1. The first-order valence-electron chi connectivity index (χ1n) is 5.04. The molecule has 2 rings (SSSR count). The maximum atomic E-state index is 13.7. The van der Waals surface area contributed by atoms with Crippen LogP contribution in [0.3, 0.4) is 0 Å². The lowest BCUT2D eigenvalue weighted by Crippen LogP contribution is -2.54. The predicted molar refractivity (Wildman–Crippen MR) is 56.0 cm³/mol. The maximum Gasteiger partial charge on any atom is 0.177 e. The number of alkyl halides is 1. The Hall–Kier alpha value is -0.960. The molecule has 0 aliphatic carbocycles. The summed E-state index contributed by atoms with van der Waals surface area (Å²) in [6.07, 6.45) is 0. The van der Waals surface area contributed by atoms with Crippen molar-refractivity contribution in [3.63, 3.8) is 0 Å². The smallest absolute Gasteiger partial charge is 0.177 e. The van der Waals surface area contributed by atoms with E-state index in [4.69, 9.17) is 0 Å². The van der Waals surface area contributed by atoms with Crippen LogP contribution in [0.1, 0.15) is 25.2 Å². The number of hydrogen-bond acceptors (Lipinski definition) is 2. The van der Waals surface area contributed by atoms with E-state index >= 15 is 0 Å². The minimum atomic E-state index is -1.22. The molecule has 3 heteroatoms. The number of pyridine rings is 1. The highest BCUT2D eigenvalue weighted by molar-refractivity contribution is 5.20. The van der Waals surface area contributed by atoms with Crippen molar-refractivity contribution in [3.8, 4) is 0 Å². The average molecular weight is 196 g/mol. The third kappa shape index (κ3) is 2.10. The Morgan fingerprint density at radius 3 is 2.43 bits per heavy atom. The third-order valence-corrected chi connectivity index (χ3v) is 2.16. The van der Waals surface area contributed by atoms with Crippen LogP contribution in [0.15, 0.2) is 18.2 Å². The standard InChI is InChI=1S/C9H11FN2.C2H6/c1-7-3-2-4-8(12-7)9(10)5-11-6-9;1-2/h2-4,11H,5-6H2,1H3;1-2H3. The molecule has 1 saturated heterocycles. The Balaban J connectivity index is 0.000000461. The number of aryl methyl sites for hydroxylation is 1. The van der Waals surface area contributed by atoms with Gasteiger partial charge in [-0.05, 0) is 19.1 Å². The van der Waals surface area contributed by atoms with Gasteiger partial charge in [-0.15, -0.1) is 0 Å². The van der Waals surface area contributed by atoms with Crippen LogP contribution in [0, 0.1) is 6.92 Å². The molecule has 0 amide bonds. The highest BCUT2D eigenvalue weighted by atomic mass is 19.1. The zero-order valence-corrected chi connectivity index (χ0v) is 8.97. The van der Waals surface area contributed by atoms with Gasteiger partial charge in [0.2, 0.25) is 0 Å². The number of nitrogens with zero attached hydrogens (tertiary/aromatic N) is 1. The van der Waals surface area contributed by atoms with E-state index in [1.165, 1.54) is 0 Å². The lowest BCUT2D eigenvalue weighted by molar-refractivity contribution is 0.0839. The minimum Gasteiger partial charge on any atom is -0.309 e. The van der Waals surface area contributed by atoms with Gasteiger partial charge in [0.05, 0.1) is 5.69 Å². The first kappa shape index (κ1) is 11.1. The molecule has 1 aromatic rings. The van der Waals surface area contributed by atoms with E-state index < -0.39 is 5.67 Å². The second-order valence-corrected chi connectivity index (χ2v) is 3.23. The molecule has 2 nitrogen and oxygen atoms in total. The van der Waals surface area contributed by atoms with E-state index in [1.54, 1.807) is 6.07 Å². The fraction of sp³-hybridized carbons (Fsp3) is 0.545. The van der Waals surface area contributed by atoms with Gasteiger partial charge in [0, 0.05) is 18.8 Å². The van der Waals surface area contributed by atoms with Gasteiger partial charge < -0.3 is 5.32 Å². The third-order valence-electron chi connectivity index (χ3n) is 2.16. The normalized spacial score (nSPS) is 17.7. The summed E-state index contributed by atoms with van der Waals surface area (Å²) in [4.78, 5) is 4.15. The molecule has 78 valence electrons. The minimum absolute atomic E-state index is 0.392. The highest BCUT2D eigenvalue weighted by Crippen LogP contribution is 2.28. The van der Waals surface area contributed by atoms with Gasteiger partial charge in [0.1, 0.15) is 0 Å². The van der Waals surface area contributed by atoms with E-state index in [2.05, 4.69) is 10.3 Å². The molecule has 0 unspecified atom stereocenters. The molecule has 0 radical (unpaired) electrons. The monoisotopic (exact) mass is 196 g/mol. The van der Waals surface area contributed by atoms with Crippen molar-refractivity contribution < 1.29 is 4.39 Å². The SMILES string of the molecule is CC.Cc1cccc(C2(F)CNC2)n1. The van der Waals surface area contributed by atoms with Gasteiger partial charge >= 0.3 is 0 Å². The van der Waals surface area contributed by atoms with E-state index in [0.717, 1.165) is 5.69 Å². The van der Waals surface area contributed by atoms with Crippen molar-refractivity contribution in [2.24, 2.45) is 0 Å². The number of aromatic nitrogens is 1. The summed E-state index contributed by atoms with van der Waals surface area (Å²) in [5, 5.41) is 2.90. The van der Waals surface area contributed by atoms with Gasteiger partial charge in [0.25, 0.3) is 0 Å². The van der Waals surface area contributed by atoms with Crippen LogP contribution in [0.5, 0.6) is 0 Å². The first-order chi connectivity index (χ1) is 6.71. The largest absolute Gasteiger partial charge is 0.309 e. The Morgan fingerprint density at radius 1 is 1.36 bits per heavy atom. The van der Waals surface area contributed by atoms with Gasteiger partial charge in [0.15, 0.2) is 5.67 Å². The summed E-state index contributed by atoms with van der Waals surface area (Å²) in [7, 11) is 0. The van der Waals surface area contributed by atoms with E-state index in [1.807, 2.05) is 32.9 Å². The summed E-state index contributed by atoms with van der Waals surface area (Å²) in [6.45, 7) is 6.66. The number of nitrogens with one attached hydrogen (secondary N) is 1. The van der Waals surface area contributed by atoms with Gasteiger partial charge in [-0.2, -0.15) is 0 Å². The van der Waals surface area contributed by atoms with E-state index in [0.29, 0.717) is 18.8 Å². The van der Waals surface area contributed by atoms with Crippen LogP contribution < -0.4 is 5.32 Å². The molecular formula is C11H17FN2. The average Bonchev–Trinajstić information content (AvgIpc) is 2.17. The zero-order chi connectivity index (χ0) is 10.6. The van der Waals surface area contributed by atoms with Crippen LogP contribution >= 0.6 is 0 Å². The molecule has 0 spiro atoms. The Bertz CT molecular complexity index is 295. The molecule has 0 saturated carbocycles. The van der Waals surface area contributed by atoms with Crippen molar-refractivity contribution >= 4 is 0 Å². The van der Waals surface area contributed by atoms with Crippen molar-refractivity contribution in [3.05, 3.63) is 29.6 Å². The molecule has 1 N–H and O–H groups in total.